The number of phenols is 1. The second kappa shape index (κ2) is 6.21. The molecule has 0 bridgehead atoms. The number of rotatable bonds is 4. The maximum absolute atomic E-state index is 9.76. The lowest BCUT2D eigenvalue weighted by atomic mass is 9.93. The second-order valence-corrected chi connectivity index (χ2v) is 5.90. The maximum Gasteiger partial charge on any atom is 0.122 e. The summed E-state index contributed by atoms with van der Waals surface area (Å²) in [5.41, 5.74) is 5.89. The molecule has 0 spiro atoms. The Bertz CT molecular complexity index is 642. The second-order valence-electron chi connectivity index (χ2n) is 5.90. The van der Waals surface area contributed by atoms with Crippen LogP contribution in [0.1, 0.15) is 47.6 Å². The molecule has 0 aliphatic heterocycles. The molecule has 21 heavy (non-hydrogen) atoms. The first-order valence-corrected chi connectivity index (χ1v) is 7.39. The summed E-state index contributed by atoms with van der Waals surface area (Å²) in [6.45, 7) is 8.38. The Balaban J connectivity index is 2.36. The topological polar surface area (TPSA) is 29.5 Å². The zero-order valence-corrected chi connectivity index (χ0v) is 13.5. The van der Waals surface area contributed by atoms with E-state index in [1.54, 1.807) is 13.2 Å². The third kappa shape index (κ3) is 3.21. The van der Waals surface area contributed by atoms with E-state index in [0.717, 1.165) is 23.3 Å². The normalized spacial score (nSPS) is 11.0. The minimum Gasteiger partial charge on any atom is -0.508 e. The molecule has 2 heteroatoms. The monoisotopic (exact) mass is 284 g/mol. The Kier molecular flexibility index (Phi) is 4.56. The van der Waals surface area contributed by atoms with Crippen LogP contribution >= 0.6 is 0 Å². The smallest absolute Gasteiger partial charge is 0.122 e. The van der Waals surface area contributed by atoms with Crippen molar-refractivity contribution >= 4 is 0 Å². The van der Waals surface area contributed by atoms with Crippen LogP contribution in [-0.4, -0.2) is 12.2 Å². The summed E-state index contributed by atoms with van der Waals surface area (Å²) in [6.07, 6.45) is 0.872. The highest BCUT2D eigenvalue weighted by Crippen LogP contribution is 2.29. The molecule has 0 aliphatic carbocycles. The van der Waals surface area contributed by atoms with Crippen molar-refractivity contribution in [1.82, 2.24) is 0 Å². The van der Waals surface area contributed by atoms with Crippen molar-refractivity contribution in [1.29, 1.82) is 0 Å². The first-order valence-electron chi connectivity index (χ1n) is 7.39. The van der Waals surface area contributed by atoms with Crippen LogP contribution in [0.25, 0.3) is 0 Å². The van der Waals surface area contributed by atoms with E-state index in [9.17, 15) is 5.11 Å². The fourth-order valence-corrected chi connectivity index (χ4v) is 2.62. The number of ether oxygens (including phenoxy) is 1. The lowest BCUT2D eigenvalue weighted by molar-refractivity contribution is 0.407. The average Bonchev–Trinajstić information content (AvgIpc) is 2.47. The molecule has 2 aromatic rings. The van der Waals surface area contributed by atoms with E-state index in [1.165, 1.54) is 16.7 Å². The molecule has 0 aromatic heterocycles. The minimum absolute atomic E-state index is 0.369. The Morgan fingerprint density at radius 1 is 1.05 bits per heavy atom. The first-order chi connectivity index (χ1) is 9.93. The highest BCUT2D eigenvalue weighted by atomic mass is 16.5. The predicted octanol–water partition coefficient (Wildman–Crippen LogP) is 4.73. The third-order valence-electron chi connectivity index (χ3n) is 4.18. The van der Waals surface area contributed by atoms with Gasteiger partial charge in [-0.2, -0.15) is 0 Å². The lowest BCUT2D eigenvalue weighted by Gasteiger charge is -2.15. The van der Waals surface area contributed by atoms with Gasteiger partial charge >= 0.3 is 0 Å². The van der Waals surface area contributed by atoms with Crippen LogP contribution in [0.3, 0.4) is 0 Å². The van der Waals surface area contributed by atoms with E-state index in [2.05, 4.69) is 32.9 Å². The SMILES string of the molecule is COc1ccc(Cc2ccc(O)c(C)c2C)cc1C(C)C. The van der Waals surface area contributed by atoms with Crippen LogP contribution < -0.4 is 4.74 Å². The zero-order chi connectivity index (χ0) is 15.6. The molecule has 2 aromatic carbocycles. The third-order valence-corrected chi connectivity index (χ3v) is 4.18. The van der Waals surface area contributed by atoms with Crippen molar-refractivity contribution < 1.29 is 9.84 Å². The Morgan fingerprint density at radius 2 is 1.76 bits per heavy atom. The van der Waals surface area contributed by atoms with E-state index in [-0.39, 0.29) is 0 Å². The summed E-state index contributed by atoms with van der Waals surface area (Å²) in [5.74, 6) is 1.75. The molecule has 0 saturated heterocycles. The Morgan fingerprint density at radius 3 is 2.38 bits per heavy atom. The van der Waals surface area contributed by atoms with Crippen LogP contribution in [0.15, 0.2) is 30.3 Å². The van der Waals surface area contributed by atoms with Gasteiger partial charge in [0.05, 0.1) is 7.11 Å². The summed E-state index contributed by atoms with van der Waals surface area (Å²) in [4.78, 5) is 0. The molecule has 2 rings (SSSR count). The molecule has 0 heterocycles. The molecular formula is C19H24O2. The largest absolute Gasteiger partial charge is 0.508 e. The highest BCUT2D eigenvalue weighted by molar-refractivity contribution is 5.46. The highest BCUT2D eigenvalue weighted by Gasteiger charge is 2.10. The average molecular weight is 284 g/mol. The first kappa shape index (κ1) is 15.4. The number of hydrogen-bond acceptors (Lipinski definition) is 2. The van der Waals surface area contributed by atoms with Crippen molar-refractivity contribution in [2.24, 2.45) is 0 Å². The summed E-state index contributed by atoms with van der Waals surface area (Å²) < 4.78 is 5.44. The maximum atomic E-state index is 9.76. The van der Waals surface area contributed by atoms with Gasteiger partial charge < -0.3 is 9.84 Å². The van der Waals surface area contributed by atoms with Gasteiger partial charge in [0.15, 0.2) is 0 Å². The van der Waals surface area contributed by atoms with Gasteiger partial charge in [0.2, 0.25) is 0 Å². The van der Waals surface area contributed by atoms with Crippen LogP contribution in [0.5, 0.6) is 11.5 Å². The van der Waals surface area contributed by atoms with E-state index in [1.807, 2.05) is 19.1 Å². The van der Waals surface area contributed by atoms with Crippen LogP contribution in [0, 0.1) is 13.8 Å². The summed E-state index contributed by atoms with van der Waals surface area (Å²) >= 11 is 0. The van der Waals surface area contributed by atoms with Gasteiger partial charge in [0.1, 0.15) is 11.5 Å². The van der Waals surface area contributed by atoms with Gasteiger partial charge in [-0.15, -0.1) is 0 Å². The van der Waals surface area contributed by atoms with Crippen molar-refractivity contribution in [3.8, 4) is 11.5 Å². The Labute approximate surface area is 127 Å². The van der Waals surface area contributed by atoms with Gasteiger partial charge in [-0.1, -0.05) is 32.0 Å². The van der Waals surface area contributed by atoms with Crippen molar-refractivity contribution in [2.45, 2.75) is 40.0 Å². The van der Waals surface area contributed by atoms with E-state index < -0.39 is 0 Å². The number of hydrogen-bond donors (Lipinski definition) is 1. The number of methoxy groups -OCH3 is 1. The summed E-state index contributed by atoms with van der Waals surface area (Å²) in [5, 5.41) is 9.76. The van der Waals surface area contributed by atoms with Crippen LogP contribution in [0.4, 0.5) is 0 Å². The number of aromatic hydroxyl groups is 1. The van der Waals surface area contributed by atoms with Crippen LogP contribution in [0.2, 0.25) is 0 Å². The molecule has 112 valence electrons. The molecule has 0 saturated carbocycles. The van der Waals surface area contributed by atoms with Crippen molar-refractivity contribution in [2.75, 3.05) is 7.11 Å². The zero-order valence-electron chi connectivity index (χ0n) is 13.5. The number of benzene rings is 2. The van der Waals surface area contributed by atoms with Crippen molar-refractivity contribution in [3.05, 3.63) is 58.1 Å². The molecule has 0 radical (unpaired) electrons. The molecule has 2 nitrogen and oxygen atoms in total. The molecular weight excluding hydrogens is 260 g/mol. The van der Waals surface area contributed by atoms with Crippen molar-refractivity contribution in [3.63, 3.8) is 0 Å². The van der Waals surface area contributed by atoms with Crippen LogP contribution in [-0.2, 0) is 6.42 Å². The predicted molar refractivity (Wildman–Crippen MR) is 87.5 cm³/mol. The standard InChI is InChI=1S/C19H24O2/c1-12(2)17-11-15(6-9-19(17)21-5)10-16-7-8-18(20)14(4)13(16)3/h6-9,11-12,20H,10H2,1-5H3. The summed E-state index contributed by atoms with van der Waals surface area (Å²) in [7, 11) is 1.72. The fourth-order valence-electron chi connectivity index (χ4n) is 2.62. The fraction of sp³-hybridized carbons (Fsp3) is 0.368. The molecule has 0 unspecified atom stereocenters. The van der Waals surface area contributed by atoms with Gasteiger partial charge in [-0.25, -0.2) is 0 Å². The molecule has 0 aliphatic rings. The van der Waals surface area contributed by atoms with E-state index in [4.69, 9.17) is 4.74 Å². The van der Waals surface area contributed by atoms with E-state index >= 15 is 0 Å². The quantitative estimate of drug-likeness (QED) is 0.879. The van der Waals surface area contributed by atoms with Gasteiger partial charge in [-0.05, 0) is 66.1 Å². The lowest BCUT2D eigenvalue weighted by Crippen LogP contribution is -1.99. The minimum atomic E-state index is 0.369. The summed E-state index contributed by atoms with van der Waals surface area (Å²) in [6, 6.07) is 10.2. The van der Waals surface area contributed by atoms with Gasteiger partial charge in [0.25, 0.3) is 0 Å². The molecule has 0 amide bonds. The van der Waals surface area contributed by atoms with E-state index in [0.29, 0.717) is 11.7 Å². The molecule has 0 atom stereocenters. The Hall–Kier alpha value is -1.96. The number of phenolic OH excluding ortho intramolecular Hbond substituents is 1. The molecule has 0 fully saturated rings. The van der Waals surface area contributed by atoms with Gasteiger partial charge in [-0.3, -0.25) is 0 Å². The van der Waals surface area contributed by atoms with Gasteiger partial charge in [0, 0.05) is 0 Å². The molecule has 1 N–H and O–H groups in total.